The summed E-state index contributed by atoms with van der Waals surface area (Å²) in [6.45, 7) is 4.32. The molecule has 0 fully saturated rings. The van der Waals surface area contributed by atoms with Crippen LogP contribution in [0.2, 0.25) is 0 Å². The molecule has 0 aliphatic carbocycles. The zero-order valence-corrected chi connectivity index (χ0v) is 16.4. The summed E-state index contributed by atoms with van der Waals surface area (Å²) in [6.07, 6.45) is 4.97. The van der Waals surface area contributed by atoms with Crippen molar-refractivity contribution in [1.29, 1.82) is 0 Å². The summed E-state index contributed by atoms with van der Waals surface area (Å²) < 4.78 is 20.7. The van der Waals surface area contributed by atoms with Crippen molar-refractivity contribution >= 4 is 5.91 Å². The van der Waals surface area contributed by atoms with Crippen molar-refractivity contribution in [2.24, 2.45) is 7.05 Å². The van der Waals surface area contributed by atoms with E-state index in [9.17, 15) is 9.18 Å². The van der Waals surface area contributed by atoms with Crippen molar-refractivity contribution in [2.75, 3.05) is 7.11 Å². The van der Waals surface area contributed by atoms with E-state index < -0.39 is 5.82 Å². The van der Waals surface area contributed by atoms with Crippen LogP contribution in [0.4, 0.5) is 4.39 Å². The lowest BCUT2D eigenvalue weighted by Gasteiger charge is -2.26. The Kier molecular flexibility index (Phi) is 5.73. The van der Waals surface area contributed by atoms with Crippen molar-refractivity contribution in [1.82, 2.24) is 19.4 Å². The molecule has 1 amide bonds. The number of ether oxygens (including phenoxy) is 1. The third-order valence-electron chi connectivity index (χ3n) is 4.39. The van der Waals surface area contributed by atoms with Crippen molar-refractivity contribution in [3.63, 3.8) is 0 Å². The van der Waals surface area contributed by atoms with Crippen LogP contribution in [0.5, 0.6) is 5.75 Å². The summed E-state index contributed by atoms with van der Waals surface area (Å²) in [4.78, 5) is 23.1. The Morgan fingerprint density at radius 3 is 2.68 bits per heavy atom. The maximum atomic E-state index is 13.8. The fourth-order valence-corrected chi connectivity index (χ4v) is 2.91. The molecule has 0 radical (unpaired) electrons. The Hall–Kier alpha value is -3.22. The van der Waals surface area contributed by atoms with Gasteiger partial charge in [-0.2, -0.15) is 0 Å². The number of benzene rings is 1. The molecule has 0 unspecified atom stereocenters. The molecule has 3 rings (SSSR count). The lowest BCUT2D eigenvalue weighted by atomic mass is 10.1. The quantitative estimate of drug-likeness (QED) is 0.653. The lowest BCUT2D eigenvalue weighted by molar-refractivity contribution is 0.0684. The summed E-state index contributed by atoms with van der Waals surface area (Å²) in [7, 11) is 3.32. The summed E-state index contributed by atoms with van der Waals surface area (Å²) in [6, 6.07) is 8.15. The molecule has 0 saturated heterocycles. The van der Waals surface area contributed by atoms with Crippen LogP contribution in [0.1, 0.15) is 29.9 Å². The number of carbonyl (C=O) groups excluding carboxylic acids is 1. The van der Waals surface area contributed by atoms with Crippen molar-refractivity contribution in [3.05, 3.63) is 66.1 Å². The van der Waals surface area contributed by atoms with Crippen LogP contribution in [0, 0.1) is 5.82 Å². The van der Waals surface area contributed by atoms with Gasteiger partial charge in [-0.25, -0.2) is 9.37 Å². The monoisotopic (exact) mass is 382 g/mol. The molecule has 7 heteroatoms. The van der Waals surface area contributed by atoms with Crippen molar-refractivity contribution in [3.8, 4) is 17.0 Å². The van der Waals surface area contributed by atoms with Crippen LogP contribution in [0.15, 0.2) is 49.1 Å². The van der Waals surface area contributed by atoms with E-state index in [-0.39, 0.29) is 11.9 Å². The Morgan fingerprint density at radius 2 is 2.04 bits per heavy atom. The van der Waals surface area contributed by atoms with Crippen LogP contribution in [0.3, 0.4) is 0 Å². The first kappa shape index (κ1) is 19.5. The molecule has 0 spiro atoms. The minimum atomic E-state index is -0.393. The molecule has 0 atom stereocenters. The zero-order valence-electron chi connectivity index (χ0n) is 16.4. The molecule has 0 aliphatic heterocycles. The second kappa shape index (κ2) is 8.21. The minimum absolute atomic E-state index is 0.0135. The fraction of sp³-hybridized carbons (Fsp3) is 0.286. The number of amides is 1. The summed E-state index contributed by atoms with van der Waals surface area (Å²) >= 11 is 0. The number of carbonyl (C=O) groups is 1. The Balaban J connectivity index is 1.88. The first-order valence-electron chi connectivity index (χ1n) is 8.96. The number of aryl methyl sites for hydroxylation is 1. The first-order chi connectivity index (χ1) is 13.4. The molecule has 1 aromatic carbocycles. The smallest absolute Gasteiger partial charge is 0.274 e. The molecular formula is C21H23FN4O2. The minimum Gasteiger partial charge on any atom is -0.497 e. The van der Waals surface area contributed by atoms with Gasteiger partial charge in [-0.15, -0.1) is 0 Å². The standard InChI is InChI=1S/C21H23FN4O2/c1-14(2)26(21(27)20-12-25(3)13-24-20)11-15-5-6-23-19(7-15)16-8-17(22)10-18(9-16)28-4/h5-10,12-14H,11H2,1-4H3. The molecule has 0 saturated carbocycles. The lowest BCUT2D eigenvalue weighted by Crippen LogP contribution is -2.36. The molecular weight excluding hydrogens is 359 g/mol. The highest BCUT2D eigenvalue weighted by atomic mass is 19.1. The maximum Gasteiger partial charge on any atom is 0.274 e. The molecule has 0 N–H and O–H groups in total. The van der Waals surface area contributed by atoms with E-state index in [1.165, 1.54) is 19.2 Å². The summed E-state index contributed by atoms with van der Waals surface area (Å²) in [5, 5.41) is 0. The Morgan fingerprint density at radius 1 is 1.25 bits per heavy atom. The van der Waals surface area contributed by atoms with Gasteiger partial charge < -0.3 is 14.2 Å². The summed E-state index contributed by atoms with van der Waals surface area (Å²) in [5.74, 6) is -0.103. The van der Waals surface area contributed by atoms with Crippen LogP contribution < -0.4 is 4.74 Å². The Bertz CT molecular complexity index is 984. The number of rotatable bonds is 6. The van der Waals surface area contributed by atoms with Crippen LogP contribution in [0.25, 0.3) is 11.3 Å². The Labute approximate surface area is 163 Å². The number of aromatic nitrogens is 3. The molecule has 0 bridgehead atoms. The number of pyridine rings is 1. The zero-order chi connectivity index (χ0) is 20.3. The normalized spacial score (nSPS) is 10.9. The number of nitrogens with zero attached hydrogens (tertiary/aromatic N) is 4. The van der Waals surface area contributed by atoms with Crippen LogP contribution >= 0.6 is 0 Å². The predicted molar refractivity (Wildman–Crippen MR) is 104 cm³/mol. The van der Waals surface area contributed by atoms with Crippen LogP contribution in [-0.2, 0) is 13.6 Å². The fourth-order valence-electron chi connectivity index (χ4n) is 2.91. The van der Waals surface area contributed by atoms with Gasteiger partial charge in [0, 0.05) is 43.7 Å². The molecule has 0 aliphatic rings. The van der Waals surface area contributed by atoms with Gasteiger partial charge >= 0.3 is 0 Å². The van der Waals surface area contributed by atoms with Gasteiger partial charge in [-0.1, -0.05) is 0 Å². The first-order valence-corrected chi connectivity index (χ1v) is 8.96. The largest absolute Gasteiger partial charge is 0.497 e. The van der Waals surface area contributed by atoms with Crippen LogP contribution in [-0.4, -0.2) is 38.5 Å². The van der Waals surface area contributed by atoms with Gasteiger partial charge in [-0.3, -0.25) is 9.78 Å². The van der Waals surface area contributed by atoms with Gasteiger partial charge in [0.1, 0.15) is 17.3 Å². The molecule has 6 nitrogen and oxygen atoms in total. The molecule has 3 aromatic rings. The van der Waals surface area contributed by atoms with E-state index in [2.05, 4.69) is 9.97 Å². The topological polar surface area (TPSA) is 60.2 Å². The third kappa shape index (κ3) is 4.36. The highest BCUT2D eigenvalue weighted by Crippen LogP contribution is 2.25. The number of hydrogen-bond acceptors (Lipinski definition) is 4. The highest BCUT2D eigenvalue weighted by Gasteiger charge is 2.21. The molecule has 28 heavy (non-hydrogen) atoms. The molecule has 146 valence electrons. The van der Waals surface area contributed by atoms with Gasteiger partial charge in [0.25, 0.3) is 5.91 Å². The van der Waals surface area contributed by atoms with Gasteiger partial charge in [-0.05, 0) is 43.7 Å². The van der Waals surface area contributed by atoms with Gasteiger partial charge in [0.2, 0.25) is 0 Å². The van der Waals surface area contributed by atoms with E-state index in [0.717, 1.165) is 5.56 Å². The SMILES string of the molecule is COc1cc(F)cc(-c2cc(CN(C(=O)c3cn(C)cn3)C(C)C)ccn2)c1. The van der Waals surface area contributed by atoms with Crippen molar-refractivity contribution in [2.45, 2.75) is 26.4 Å². The highest BCUT2D eigenvalue weighted by molar-refractivity contribution is 5.92. The van der Waals surface area contributed by atoms with E-state index in [0.29, 0.717) is 29.2 Å². The molecule has 2 aromatic heterocycles. The van der Waals surface area contributed by atoms with E-state index in [1.54, 1.807) is 34.3 Å². The second-order valence-electron chi connectivity index (χ2n) is 6.88. The number of imidazole rings is 1. The average molecular weight is 382 g/mol. The summed E-state index contributed by atoms with van der Waals surface area (Å²) in [5.41, 5.74) is 2.53. The van der Waals surface area contributed by atoms with E-state index >= 15 is 0 Å². The third-order valence-corrected chi connectivity index (χ3v) is 4.39. The van der Waals surface area contributed by atoms with E-state index in [1.807, 2.05) is 33.0 Å². The number of halogens is 1. The number of hydrogen-bond donors (Lipinski definition) is 0. The number of methoxy groups -OCH3 is 1. The van der Waals surface area contributed by atoms with E-state index in [4.69, 9.17) is 4.74 Å². The second-order valence-corrected chi connectivity index (χ2v) is 6.88. The molecule has 2 heterocycles. The van der Waals surface area contributed by atoms with Gasteiger partial charge in [0.05, 0.1) is 19.1 Å². The van der Waals surface area contributed by atoms with Gasteiger partial charge in [0.15, 0.2) is 0 Å². The predicted octanol–water partition coefficient (Wildman–Crippen LogP) is 3.68. The average Bonchev–Trinajstić information content (AvgIpc) is 3.11. The maximum absolute atomic E-state index is 13.8. The van der Waals surface area contributed by atoms with Crippen molar-refractivity contribution < 1.29 is 13.9 Å².